The zero-order valence-corrected chi connectivity index (χ0v) is 39.0. The second-order valence-corrected chi connectivity index (χ2v) is 23.9. The molecule has 0 aromatic heterocycles. The van der Waals surface area contributed by atoms with Gasteiger partial charge in [-0.2, -0.15) is 0 Å². The number of hydrogen-bond acceptors (Lipinski definition) is 2. The summed E-state index contributed by atoms with van der Waals surface area (Å²) in [6.07, 6.45) is 0. The van der Waals surface area contributed by atoms with Crippen LogP contribution in [0.5, 0.6) is 0 Å². The zero-order valence-electron chi connectivity index (χ0n) is 31.9. The maximum atomic E-state index is 12.6. The fourth-order valence-electron chi connectivity index (χ4n) is 7.33. The minimum atomic E-state index is -4.56. The van der Waals surface area contributed by atoms with Crippen molar-refractivity contribution in [1.29, 1.82) is 0 Å². The summed E-state index contributed by atoms with van der Waals surface area (Å²) in [5, 5.41) is 9.75. The Kier molecular flexibility index (Phi) is 16.2. The van der Waals surface area contributed by atoms with Crippen LogP contribution in [0.2, 0.25) is 0 Å². The van der Waals surface area contributed by atoms with Crippen molar-refractivity contribution >= 4 is 114 Å². The van der Waals surface area contributed by atoms with Crippen LogP contribution >= 0.6 is 50.4 Å². The predicted molar refractivity (Wildman–Crippen MR) is 255 cm³/mol. The average Bonchev–Trinajstić information content (AvgIpc) is 3.22. The molecule has 302 valence electrons. The first-order valence-corrected chi connectivity index (χ1v) is 28.3. The average molecular weight is 987 g/mol. The standard InChI is InChI=1S/C44H34O6P4.2CH3.2ClH.Ru/c45-53(46,47)37-23-25-39-31(29-37)21-27-41(51(33-13-5-1-6-14-33)34-15-7-2-8-16-34)43(39)44-40-26-24-38(54(48,49)50)30-32(40)22-28-42(44)52(35-17-9-3-10-18-35)36-19-11-4-12-20-36;;;;;/h1-30H,(H2,45,46,47)(H2,48,49,50);2*1H3;2*1H;/q;2*-1;;;+4. The van der Waals surface area contributed by atoms with Gasteiger partial charge in [0.1, 0.15) is 31.8 Å². The molecule has 0 unspecified atom stereocenters. The summed E-state index contributed by atoms with van der Waals surface area (Å²) in [4.78, 5) is 40.9. The Balaban J connectivity index is 0.00000128. The third-order valence-electron chi connectivity index (χ3n) is 9.72. The molecule has 8 aromatic carbocycles. The maximum absolute atomic E-state index is 12.6. The number of halogens is 2. The van der Waals surface area contributed by atoms with E-state index in [0.717, 1.165) is 32.5 Å². The van der Waals surface area contributed by atoms with E-state index in [4.69, 9.17) is 19.4 Å². The summed E-state index contributed by atoms with van der Waals surface area (Å²) in [5.41, 5.74) is 1.87. The molecule has 59 heavy (non-hydrogen) atoms. The van der Waals surface area contributed by atoms with Gasteiger partial charge in [0.05, 0.1) is 26.5 Å². The van der Waals surface area contributed by atoms with Crippen LogP contribution in [-0.4, -0.2) is 19.6 Å². The van der Waals surface area contributed by atoms with E-state index in [1.165, 1.54) is 33.4 Å². The van der Waals surface area contributed by atoms with Crippen LogP contribution in [0, 0.1) is 14.9 Å². The fourth-order valence-corrected chi connectivity index (χ4v) is 14.0. The number of fused-ring (bicyclic) bond motifs is 2. The molecule has 13 heteroatoms. The van der Waals surface area contributed by atoms with Crippen molar-refractivity contribution in [2.45, 2.75) is 0 Å². The molecule has 4 N–H and O–H groups in total. The van der Waals surface area contributed by atoms with E-state index in [1.54, 1.807) is 12.1 Å². The Morgan fingerprint density at radius 2 is 0.678 bits per heavy atom. The van der Waals surface area contributed by atoms with Crippen LogP contribution in [0.4, 0.5) is 0 Å². The topological polar surface area (TPSA) is 115 Å². The van der Waals surface area contributed by atoms with Gasteiger partial charge < -0.3 is 34.4 Å². The van der Waals surface area contributed by atoms with Crippen molar-refractivity contribution in [3.05, 3.63) is 197 Å². The van der Waals surface area contributed by atoms with E-state index >= 15 is 0 Å². The summed E-state index contributed by atoms with van der Waals surface area (Å²) < 4.78 is 25.1. The molecule has 0 aliphatic carbocycles. The first kappa shape index (κ1) is 46.7. The van der Waals surface area contributed by atoms with E-state index in [-0.39, 0.29) is 40.6 Å². The van der Waals surface area contributed by atoms with Gasteiger partial charge in [0.2, 0.25) is 0 Å². The molecular formula is C46H42Cl2O6P4Ru+2. The van der Waals surface area contributed by atoms with Gasteiger partial charge in [-0.1, -0.05) is 97.1 Å². The summed E-state index contributed by atoms with van der Waals surface area (Å²) in [7, 11) is -2.86. The summed E-state index contributed by atoms with van der Waals surface area (Å²) in [5.74, 6) is 0. The number of hydrogen-bond donors (Lipinski definition) is 4. The first-order valence-electron chi connectivity index (χ1n) is 17.6. The van der Waals surface area contributed by atoms with Gasteiger partial charge in [0, 0.05) is 11.1 Å². The Morgan fingerprint density at radius 1 is 0.407 bits per heavy atom. The molecule has 0 aliphatic heterocycles. The molecule has 0 bridgehead atoms. The van der Waals surface area contributed by atoms with Crippen LogP contribution < -0.4 is 42.4 Å². The van der Waals surface area contributed by atoms with E-state index in [2.05, 4.69) is 109 Å². The van der Waals surface area contributed by atoms with Gasteiger partial charge in [-0.15, -0.1) is 0 Å². The third kappa shape index (κ3) is 10.4. The monoisotopic (exact) mass is 986 g/mol. The van der Waals surface area contributed by atoms with Gasteiger partial charge >= 0.3 is 49.7 Å². The first-order chi connectivity index (χ1) is 27.5. The van der Waals surface area contributed by atoms with Crippen molar-refractivity contribution < 1.29 is 43.8 Å². The molecule has 0 fully saturated rings. The Bertz CT molecular complexity index is 2490. The quantitative estimate of drug-likeness (QED) is 0.0656. The molecule has 8 rings (SSSR count). The normalized spacial score (nSPS) is 11.5. The van der Waals surface area contributed by atoms with Crippen molar-refractivity contribution in [2.75, 3.05) is 0 Å². The molecule has 0 amide bonds. The van der Waals surface area contributed by atoms with Crippen LogP contribution in [0.3, 0.4) is 0 Å². The zero-order chi connectivity index (χ0) is 40.2. The molecule has 0 aliphatic rings. The van der Waals surface area contributed by atoms with Crippen LogP contribution in [-0.2, 0) is 24.3 Å². The Morgan fingerprint density at radius 3 is 0.932 bits per heavy atom. The van der Waals surface area contributed by atoms with Gasteiger partial charge in [0.15, 0.2) is 0 Å². The van der Waals surface area contributed by atoms with Crippen molar-refractivity contribution in [3.8, 4) is 11.1 Å². The molecule has 0 atom stereocenters. The van der Waals surface area contributed by atoms with E-state index in [0.29, 0.717) is 10.8 Å². The van der Waals surface area contributed by atoms with Crippen LogP contribution in [0.1, 0.15) is 0 Å². The fraction of sp³-hybridized carbons (Fsp3) is 0. The second kappa shape index (κ2) is 20.5. The Hall–Kier alpha value is -3.36. The van der Waals surface area contributed by atoms with E-state index < -0.39 is 31.0 Å². The van der Waals surface area contributed by atoms with Crippen LogP contribution in [0.25, 0.3) is 32.7 Å². The number of benzene rings is 8. The molecule has 0 saturated heterocycles. The van der Waals surface area contributed by atoms with Gasteiger partial charge in [0.25, 0.3) is 0 Å². The molecule has 0 radical (unpaired) electrons. The molecule has 0 spiro atoms. The third-order valence-corrected chi connectivity index (χ3v) is 17.2. The SMILES string of the molecule is O=P(O)(O)c1ccc2c(-c3c([PH+](c4ccccc4)c4ccccc4)ccc4cc(P(=O)(O)O)ccc34)c([PH+](c3ccccc3)c3ccccc3)ccc2c1.[CH3-].[CH3-].[Cl][Ru+2][Cl]. The second-order valence-electron chi connectivity index (χ2n) is 13.1. The van der Waals surface area contributed by atoms with Crippen LogP contribution in [0.15, 0.2) is 182 Å². The van der Waals surface area contributed by atoms with E-state index in [1.807, 2.05) is 48.5 Å². The van der Waals surface area contributed by atoms with E-state index in [9.17, 15) is 28.7 Å². The van der Waals surface area contributed by atoms with Crippen molar-refractivity contribution in [1.82, 2.24) is 0 Å². The van der Waals surface area contributed by atoms with Crippen molar-refractivity contribution in [3.63, 3.8) is 0 Å². The minimum absolute atomic E-state index is 0. The number of rotatable bonds is 9. The summed E-state index contributed by atoms with van der Waals surface area (Å²) in [6.45, 7) is 0. The molecular weight excluding hydrogens is 944 g/mol. The molecule has 0 heterocycles. The Labute approximate surface area is 363 Å². The summed E-state index contributed by atoms with van der Waals surface area (Å²) in [6, 6.07) is 59.7. The predicted octanol–water partition coefficient (Wildman–Crippen LogP) is 8.52. The van der Waals surface area contributed by atoms with Gasteiger partial charge in [-0.25, -0.2) is 0 Å². The van der Waals surface area contributed by atoms with Gasteiger partial charge in [-0.05, 0) is 106 Å². The molecule has 6 nitrogen and oxygen atoms in total. The van der Waals surface area contributed by atoms with Crippen molar-refractivity contribution in [2.24, 2.45) is 0 Å². The summed E-state index contributed by atoms with van der Waals surface area (Å²) >= 11 is -0.346. The molecule has 8 aromatic rings. The molecule has 0 saturated carbocycles. The van der Waals surface area contributed by atoms with Gasteiger partial charge in [-0.3, -0.25) is 9.13 Å².